The Bertz CT molecular complexity index is 1070. The van der Waals surface area contributed by atoms with E-state index in [4.69, 9.17) is 0 Å². The highest BCUT2D eigenvalue weighted by Gasteiger charge is 1.99. The van der Waals surface area contributed by atoms with Gasteiger partial charge in [0.2, 0.25) is 0 Å². The molecule has 2 heterocycles. The SMILES string of the molecule is C=CCc1cccc2cnc(C)cc12.Cc1cc2c(Br)cccc2cn1. The first-order chi connectivity index (χ1) is 12.6. The monoisotopic (exact) mass is 404 g/mol. The molecule has 0 saturated carbocycles. The third-order valence-corrected chi connectivity index (χ3v) is 4.89. The molecule has 0 fully saturated rings. The summed E-state index contributed by atoms with van der Waals surface area (Å²) in [7, 11) is 0. The van der Waals surface area contributed by atoms with Crippen molar-refractivity contribution < 1.29 is 0 Å². The third-order valence-electron chi connectivity index (χ3n) is 4.20. The van der Waals surface area contributed by atoms with Crippen LogP contribution in [-0.2, 0) is 6.42 Å². The van der Waals surface area contributed by atoms with Crippen LogP contribution in [0.1, 0.15) is 17.0 Å². The van der Waals surface area contributed by atoms with Gasteiger partial charge in [0.15, 0.2) is 0 Å². The maximum absolute atomic E-state index is 4.28. The Labute approximate surface area is 162 Å². The number of pyridine rings is 2. The van der Waals surface area contributed by atoms with Gasteiger partial charge in [-0.1, -0.05) is 52.3 Å². The van der Waals surface area contributed by atoms with Crippen LogP contribution < -0.4 is 0 Å². The fraction of sp³-hybridized carbons (Fsp3) is 0.130. The molecular weight excluding hydrogens is 384 g/mol. The minimum atomic E-state index is 0.917. The number of rotatable bonds is 2. The van der Waals surface area contributed by atoms with Gasteiger partial charge in [-0.25, -0.2) is 0 Å². The van der Waals surface area contributed by atoms with E-state index in [2.05, 4.69) is 68.9 Å². The van der Waals surface area contributed by atoms with E-state index in [1.807, 2.05) is 44.4 Å². The minimum Gasteiger partial charge on any atom is -0.261 e. The maximum Gasteiger partial charge on any atom is 0.0379 e. The summed E-state index contributed by atoms with van der Waals surface area (Å²) < 4.78 is 1.13. The average molecular weight is 405 g/mol. The molecule has 2 aromatic carbocycles. The van der Waals surface area contributed by atoms with Crippen molar-refractivity contribution in [3.05, 3.63) is 95.0 Å². The van der Waals surface area contributed by atoms with Crippen molar-refractivity contribution in [2.45, 2.75) is 20.3 Å². The molecule has 2 nitrogen and oxygen atoms in total. The number of aryl methyl sites for hydroxylation is 2. The number of halogens is 1. The van der Waals surface area contributed by atoms with Gasteiger partial charge in [-0.3, -0.25) is 9.97 Å². The summed E-state index contributed by atoms with van der Waals surface area (Å²) in [5.41, 5.74) is 3.44. The molecule has 26 heavy (non-hydrogen) atoms. The molecule has 0 saturated heterocycles. The number of hydrogen-bond donors (Lipinski definition) is 0. The highest BCUT2D eigenvalue weighted by Crippen LogP contribution is 2.23. The molecular formula is C23H21BrN2. The zero-order valence-corrected chi connectivity index (χ0v) is 16.6. The molecule has 0 radical (unpaired) electrons. The number of aromatic nitrogens is 2. The van der Waals surface area contributed by atoms with Crippen molar-refractivity contribution in [1.29, 1.82) is 0 Å². The van der Waals surface area contributed by atoms with Crippen LogP contribution >= 0.6 is 15.9 Å². The minimum absolute atomic E-state index is 0.917. The topological polar surface area (TPSA) is 25.8 Å². The molecule has 0 aliphatic rings. The summed E-state index contributed by atoms with van der Waals surface area (Å²) in [5.74, 6) is 0. The van der Waals surface area contributed by atoms with Crippen molar-refractivity contribution >= 4 is 37.5 Å². The average Bonchev–Trinajstić information content (AvgIpc) is 2.64. The fourth-order valence-electron chi connectivity index (χ4n) is 2.91. The number of nitrogens with zero attached hydrogens (tertiary/aromatic N) is 2. The predicted octanol–water partition coefficient (Wildman–Crippen LogP) is 6.58. The van der Waals surface area contributed by atoms with E-state index in [9.17, 15) is 0 Å². The summed E-state index contributed by atoms with van der Waals surface area (Å²) in [6.07, 6.45) is 6.68. The van der Waals surface area contributed by atoms with Crippen LogP contribution in [0.3, 0.4) is 0 Å². The lowest BCUT2D eigenvalue weighted by atomic mass is 10.0. The lowest BCUT2D eigenvalue weighted by Gasteiger charge is -2.04. The van der Waals surface area contributed by atoms with E-state index < -0.39 is 0 Å². The largest absolute Gasteiger partial charge is 0.261 e. The van der Waals surface area contributed by atoms with Gasteiger partial charge in [0.1, 0.15) is 0 Å². The molecule has 4 aromatic rings. The highest BCUT2D eigenvalue weighted by atomic mass is 79.9. The van der Waals surface area contributed by atoms with E-state index in [1.165, 1.54) is 27.1 Å². The molecule has 0 unspecified atom stereocenters. The molecule has 4 rings (SSSR count). The summed E-state index contributed by atoms with van der Waals surface area (Å²) >= 11 is 3.50. The first-order valence-electron chi connectivity index (χ1n) is 8.54. The van der Waals surface area contributed by atoms with Gasteiger partial charge in [-0.05, 0) is 54.8 Å². The van der Waals surface area contributed by atoms with E-state index in [0.717, 1.165) is 22.3 Å². The van der Waals surface area contributed by atoms with E-state index in [1.54, 1.807) is 0 Å². The van der Waals surface area contributed by atoms with Crippen LogP contribution in [0, 0.1) is 13.8 Å². The fourth-order valence-corrected chi connectivity index (χ4v) is 3.40. The summed E-state index contributed by atoms with van der Waals surface area (Å²) in [6.45, 7) is 7.79. The zero-order valence-electron chi connectivity index (χ0n) is 15.0. The molecule has 0 aliphatic carbocycles. The quantitative estimate of drug-likeness (QED) is 0.352. The summed E-state index contributed by atoms with van der Waals surface area (Å²) in [5, 5.41) is 4.90. The van der Waals surface area contributed by atoms with Crippen LogP contribution in [0.25, 0.3) is 21.5 Å². The number of hydrogen-bond acceptors (Lipinski definition) is 2. The van der Waals surface area contributed by atoms with Crippen LogP contribution in [0.15, 0.2) is 78.1 Å². The Hall–Kier alpha value is -2.52. The first-order valence-corrected chi connectivity index (χ1v) is 9.34. The smallest absolute Gasteiger partial charge is 0.0379 e. The zero-order chi connectivity index (χ0) is 18.5. The predicted molar refractivity (Wildman–Crippen MR) is 115 cm³/mol. The van der Waals surface area contributed by atoms with Crippen LogP contribution in [0.4, 0.5) is 0 Å². The molecule has 0 bridgehead atoms. The van der Waals surface area contributed by atoms with Gasteiger partial charge in [0.25, 0.3) is 0 Å². The van der Waals surface area contributed by atoms with Gasteiger partial charge in [0.05, 0.1) is 0 Å². The first kappa shape index (κ1) is 18.3. The van der Waals surface area contributed by atoms with E-state index >= 15 is 0 Å². The lowest BCUT2D eigenvalue weighted by molar-refractivity contribution is 1.21. The van der Waals surface area contributed by atoms with Gasteiger partial charge in [-0.15, -0.1) is 6.58 Å². The summed E-state index contributed by atoms with van der Waals surface area (Å²) in [4.78, 5) is 8.51. The van der Waals surface area contributed by atoms with Crippen molar-refractivity contribution in [2.75, 3.05) is 0 Å². The second kappa shape index (κ2) is 8.24. The Morgan fingerprint density at radius 1 is 0.885 bits per heavy atom. The molecule has 3 heteroatoms. The normalized spacial score (nSPS) is 10.4. The van der Waals surface area contributed by atoms with Crippen molar-refractivity contribution in [2.24, 2.45) is 0 Å². The number of allylic oxidation sites excluding steroid dienone is 1. The molecule has 0 atom stereocenters. The molecule has 0 aliphatic heterocycles. The van der Waals surface area contributed by atoms with E-state index in [0.29, 0.717) is 0 Å². The third kappa shape index (κ3) is 4.17. The van der Waals surface area contributed by atoms with Crippen LogP contribution in [-0.4, -0.2) is 9.97 Å². The van der Waals surface area contributed by atoms with Crippen molar-refractivity contribution in [3.8, 4) is 0 Å². The summed E-state index contributed by atoms with van der Waals surface area (Å²) in [6, 6.07) is 16.6. The van der Waals surface area contributed by atoms with Crippen LogP contribution in [0.2, 0.25) is 0 Å². The van der Waals surface area contributed by atoms with Gasteiger partial charge < -0.3 is 0 Å². The van der Waals surface area contributed by atoms with E-state index in [-0.39, 0.29) is 0 Å². The molecule has 0 N–H and O–H groups in total. The molecule has 2 aromatic heterocycles. The Kier molecular flexibility index (Phi) is 5.79. The Morgan fingerprint density at radius 2 is 1.46 bits per heavy atom. The second-order valence-corrected chi connectivity index (χ2v) is 7.10. The Morgan fingerprint density at radius 3 is 2.12 bits per heavy atom. The van der Waals surface area contributed by atoms with Gasteiger partial charge >= 0.3 is 0 Å². The molecule has 0 amide bonds. The number of benzene rings is 2. The standard InChI is InChI=1S/C13H13N.C10H8BrN/c1-3-5-11-6-4-7-12-9-14-10(2)8-13(11)12;1-7-5-9-8(6-12-7)3-2-4-10(9)11/h3-4,6-9H,1,5H2,2H3;2-6H,1H3. The van der Waals surface area contributed by atoms with Crippen molar-refractivity contribution in [1.82, 2.24) is 9.97 Å². The van der Waals surface area contributed by atoms with Gasteiger partial charge in [0, 0.05) is 39.0 Å². The highest BCUT2D eigenvalue weighted by molar-refractivity contribution is 9.10. The Balaban J connectivity index is 0.000000152. The number of fused-ring (bicyclic) bond motifs is 2. The van der Waals surface area contributed by atoms with Crippen LogP contribution in [0.5, 0.6) is 0 Å². The molecule has 130 valence electrons. The lowest BCUT2D eigenvalue weighted by Crippen LogP contribution is -1.87. The van der Waals surface area contributed by atoms with Gasteiger partial charge in [-0.2, -0.15) is 0 Å². The second-order valence-electron chi connectivity index (χ2n) is 6.24. The molecule has 0 spiro atoms. The van der Waals surface area contributed by atoms with Crippen molar-refractivity contribution in [3.63, 3.8) is 0 Å². The maximum atomic E-state index is 4.28.